The molecule has 0 saturated carbocycles. The van der Waals surface area contributed by atoms with Gasteiger partial charge in [0.25, 0.3) is 0 Å². The van der Waals surface area contributed by atoms with Gasteiger partial charge in [-0.05, 0) is 0 Å². The molecule has 1 aliphatic rings. The van der Waals surface area contributed by atoms with Crippen molar-refractivity contribution in [2.45, 2.75) is 30.7 Å². The highest BCUT2D eigenvalue weighted by Gasteiger charge is 2.43. The van der Waals surface area contributed by atoms with Crippen molar-refractivity contribution < 1.29 is 44.1 Å². The Balaban J connectivity index is 2.03. The number of hydrogen-bond acceptors (Lipinski definition) is 9. The van der Waals surface area contributed by atoms with Gasteiger partial charge in [-0.25, -0.2) is 0 Å². The van der Waals surface area contributed by atoms with E-state index in [2.05, 4.69) is 5.92 Å². The third kappa shape index (κ3) is 7.40. The van der Waals surface area contributed by atoms with E-state index in [9.17, 15) is 15.3 Å². The molecule has 0 aromatic rings. The van der Waals surface area contributed by atoms with Crippen LogP contribution in [-0.2, 0) is 23.7 Å². The molecule has 1 heterocycles. The lowest BCUT2D eigenvalue weighted by Crippen LogP contribution is -2.59. The van der Waals surface area contributed by atoms with Crippen LogP contribution in [0.4, 0.5) is 0 Å². The van der Waals surface area contributed by atoms with Crippen LogP contribution in [-0.4, -0.2) is 104 Å². The maximum Gasteiger partial charge on any atom is 0.186 e. The van der Waals surface area contributed by atoms with E-state index in [0.717, 1.165) is 0 Å². The highest BCUT2D eigenvalue weighted by Crippen LogP contribution is 2.21. The molecule has 1 fully saturated rings. The minimum atomic E-state index is -1.45. The predicted octanol–water partition coefficient (Wildman–Crippen LogP) is -2.51. The molecule has 9 nitrogen and oxygen atoms in total. The van der Waals surface area contributed by atoms with E-state index in [1.165, 1.54) is 0 Å². The lowest BCUT2D eigenvalue weighted by molar-refractivity contribution is -0.302. The number of rotatable bonds is 12. The summed E-state index contributed by atoms with van der Waals surface area (Å²) in [5, 5.41) is 38.0. The summed E-state index contributed by atoms with van der Waals surface area (Å²) in [6.45, 7) is 1.68. The number of hydrogen-bond donors (Lipinski definition) is 4. The van der Waals surface area contributed by atoms with Gasteiger partial charge >= 0.3 is 0 Å². The van der Waals surface area contributed by atoms with Gasteiger partial charge in [-0.2, -0.15) is 0 Å². The minimum Gasteiger partial charge on any atom is -0.394 e. The normalized spacial score (nSPS) is 30.2. The lowest BCUT2D eigenvalue weighted by atomic mass is 9.99. The van der Waals surface area contributed by atoms with Gasteiger partial charge in [0.15, 0.2) is 6.29 Å². The Hall–Kier alpha value is -0.800. The SMILES string of the molecule is C#CCOCCOCCOCCO[C@H]1O[C@@H](CO)[C@@H](O)[C@H](O)[C@H]1O. The first-order valence-electron chi connectivity index (χ1n) is 7.70. The molecule has 1 rings (SSSR count). The van der Waals surface area contributed by atoms with E-state index in [0.29, 0.717) is 26.4 Å². The summed E-state index contributed by atoms with van der Waals surface area (Å²) in [5.41, 5.74) is 0. The van der Waals surface area contributed by atoms with Gasteiger partial charge in [-0.15, -0.1) is 6.42 Å². The largest absolute Gasteiger partial charge is 0.394 e. The zero-order valence-corrected chi connectivity index (χ0v) is 13.5. The molecule has 0 unspecified atom stereocenters. The van der Waals surface area contributed by atoms with Crippen LogP contribution in [0.25, 0.3) is 0 Å². The fourth-order valence-electron chi connectivity index (χ4n) is 2.00. The molecule has 9 heteroatoms. The Morgan fingerprint density at radius 1 is 0.833 bits per heavy atom. The lowest BCUT2D eigenvalue weighted by Gasteiger charge is -2.39. The number of terminal acetylenes is 1. The molecular formula is C15H26O9. The van der Waals surface area contributed by atoms with Crippen molar-refractivity contribution in [3.63, 3.8) is 0 Å². The van der Waals surface area contributed by atoms with E-state index in [1.807, 2.05) is 0 Å². The van der Waals surface area contributed by atoms with Gasteiger partial charge in [0.2, 0.25) is 0 Å². The molecule has 0 bridgehead atoms. The molecule has 0 aliphatic carbocycles. The Morgan fingerprint density at radius 3 is 2.00 bits per heavy atom. The van der Waals surface area contributed by atoms with Crippen molar-refractivity contribution >= 4 is 0 Å². The molecule has 140 valence electrons. The van der Waals surface area contributed by atoms with Gasteiger partial charge in [0.1, 0.15) is 31.0 Å². The van der Waals surface area contributed by atoms with Crippen molar-refractivity contribution in [1.29, 1.82) is 0 Å². The van der Waals surface area contributed by atoms with Crippen LogP contribution in [0.2, 0.25) is 0 Å². The fourth-order valence-corrected chi connectivity index (χ4v) is 2.00. The van der Waals surface area contributed by atoms with Crippen LogP contribution < -0.4 is 0 Å². The molecule has 24 heavy (non-hydrogen) atoms. The molecule has 1 saturated heterocycles. The van der Waals surface area contributed by atoms with Gasteiger partial charge < -0.3 is 44.1 Å². The average Bonchev–Trinajstić information content (AvgIpc) is 2.59. The van der Waals surface area contributed by atoms with E-state index >= 15 is 0 Å². The Labute approximate surface area is 141 Å². The topological polar surface area (TPSA) is 127 Å². The first kappa shape index (κ1) is 21.2. The van der Waals surface area contributed by atoms with E-state index < -0.39 is 37.3 Å². The van der Waals surface area contributed by atoms with Crippen LogP contribution >= 0.6 is 0 Å². The summed E-state index contributed by atoms with van der Waals surface area (Å²) >= 11 is 0. The van der Waals surface area contributed by atoms with Crippen LogP contribution in [0.3, 0.4) is 0 Å². The Kier molecular flexibility index (Phi) is 11.1. The molecule has 4 N–H and O–H groups in total. The maximum absolute atomic E-state index is 9.76. The molecule has 0 amide bonds. The van der Waals surface area contributed by atoms with E-state index in [-0.39, 0.29) is 19.8 Å². The van der Waals surface area contributed by atoms with Crippen LogP contribution in [0.5, 0.6) is 0 Å². The van der Waals surface area contributed by atoms with Crippen molar-refractivity contribution in [3.05, 3.63) is 0 Å². The average molecular weight is 350 g/mol. The second-order valence-corrected chi connectivity index (χ2v) is 5.05. The summed E-state index contributed by atoms with van der Waals surface area (Å²) in [6.07, 6.45) is -1.37. The summed E-state index contributed by atoms with van der Waals surface area (Å²) < 4.78 is 26.0. The van der Waals surface area contributed by atoms with Crippen LogP contribution in [0, 0.1) is 12.3 Å². The van der Waals surface area contributed by atoms with Gasteiger partial charge in [0.05, 0.1) is 46.2 Å². The quantitative estimate of drug-likeness (QED) is 0.223. The van der Waals surface area contributed by atoms with Crippen molar-refractivity contribution in [1.82, 2.24) is 0 Å². The first-order chi connectivity index (χ1) is 11.6. The van der Waals surface area contributed by atoms with Crippen molar-refractivity contribution in [2.24, 2.45) is 0 Å². The summed E-state index contributed by atoms with van der Waals surface area (Å²) in [5.74, 6) is 2.35. The third-order valence-electron chi connectivity index (χ3n) is 3.29. The molecule has 5 atom stereocenters. The minimum absolute atomic E-state index is 0.105. The van der Waals surface area contributed by atoms with Crippen molar-refractivity contribution in [2.75, 3.05) is 52.9 Å². The number of aliphatic hydroxyl groups is 4. The Bertz CT molecular complexity index is 357. The number of aliphatic hydroxyl groups excluding tert-OH is 4. The second-order valence-electron chi connectivity index (χ2n) is 5.05. The standard InChI is InChI=1S/C15H26O9/c1-2-3-20-4-5-21-6-7-22-8-9-23-15-14(19)13(18)12(17)11(10-16)24-15/h1,11-19H,3-10H2/t11-,12+,13-,14+,15-/m0/s1. The van der Waals surface area contributed by atoms with Crippen molar-refractivity contribution in [3.8, 4) is 12.3 Å². The van der Waals surface area contributed by atoms with Gasteiger partial charge in [-0.1, -0.05) is 5.92 Å². The molecule has 0 aromatic carbocycles. The maximum atomic E-state index is 9.76. The third-order valence-corrected chi connectivity index (χ3v) is 3.29. The summed E-state index contributed by atoms with van der Waals surface area (Å²) in [7, 11) is 0. The second kappa shape index (κ2) is 12.5. The highest BCUT2D eigenvalue weighted by atomic mass is 16.7. The fraction of sp³-hybridized carbons (Fsp3) is 0.867. The number of ether oxygens (including phenoxy) is 5. The van der Waals surface area contributed by atoms with Gasteiger partial charge in [-0.3, -0.25) is 0 Å². The zero-order chi connectivity index (χ0) is 17.8. The van der Waals surface area contributed by atoms with E-state index in [1.54, 1.807) is 0 Å². The Morgan fingerprint density at radius 2 is 1.42 bits per heavy atom. The summed E-state index contributed by atoms with van der Waals surface area (Å²) in [6, 6.07) is 0. The smallest absolute Gasteiger partial charge is 0.186 e. The monoisotopic (exact) mass is 350 g/mol. The first-order valence-corrected chi connectivity index (χ1v) is 7.70. The van der Waals surface area contributed by atoms with E-state index in [4.69, 9.17) is 35.2 Å². The van der Waals surface area contributed by atoms with Crippen LogP contribution in [0.15, 0.2) is 0 Å². The highest BCUT2D eigenvalue weighted by molar-refractivity contribution is 4.88. The molecule has 0 aromatic heterocycles. The molecule has 0 radical (unpaired) electrons. The molecular weight excluding hydrogens is 324 g/mol. The van der Waals surface area contributed by atoms with Gasteiger partial charge in [0, 0.05) is 0 Å². The summed E-state index contributed by atoms with van der Waals surface area (Å²) in [4.78, 5) is 0. The predicted molar refractivity (Wildman–Crippen MR) is 81.0 cm³/mol. The molecule has 1 aliphatic heterocycles. The molecule has 0 spiro atoms. The zero-order valence-electron chi connectivity index (χ0n) is 13.5. The van der Waals surface area contributed by atoms with Crippen LogP contribution in [0.1, 0.15) is 0 Å².